The van der Waals surface area contributed by atoms with Crippen molar-refractivity contribution in [1.82, 2.24) is 10.3 Å². The van der Waals surface area contributed by atoms with Crippen molar-refractivity contribution < 1.29 is 9.53 Å². The number of carbonyl (C=O) groups excluding carboxylic acids is 1. The van der Waals surface area contributed by atoms with Crippen LogP contribution < -0.4 is 15.4 Å². The fourth-order valence-electron chi connectivity index (χ4n) is 2.48. The highest BCUT2D eigenvalue weighted by Gasteiger charge is 2.08. The van der Waals surface area contributed by atoms with Gasteiger partial charge in [0.25, 0.3) is 5.91 Å². The molecule has 2 N–H and O–H groups in total. The van der Waals surface area contributed by atoms with Gasteiger partial charge < -0.3 is 15.4 Å². The number of hydrogen-bond acceptors (Lipinski definition) is 4. The van der Waals surface area contributed by atoms with Gasteiger partial charge in [-0.05, 0) is 42.5 Å². The Morgan fingerprint density at radius 3 is 2.76 bits per heavy atom. The molecular weight excluding hydrogens is 314 g/mol. The van der Waals surface area contributed by atoms with Crippen molar-refractivity contribution in [3.63, 3.8) is 0 Å². The molecule has 1 aromatic heterocycles. The van der Waals surface area contributed by atoms with Gasteiger partial charge in [-0.2, -0.15) is 0 Å². The van der Waals surface area contributed by atoms with Crippen LogP contribution in [0.4, 0.5) is 5.69 Å². The third-order valence-corrected chi connectivity index (χ3v) is 3.92. The highest BCUT2D eigenvalue weighted by molar-refractivity contribution is 5.93. The molecule has 1 aromatic carbocycles. The number of nitrogens with one attached hydrogen (secondary N) is 2. The van der Waals surface area contributed by atoms with Gasteiger partial charge in [0.1, 0.15) is 11.4 Å². The first-order valence-electron chi connectivity index (χ1n) is 8.70. The molecule has 2 aromatic rings. The number of aromatic nitrogens is 1. The van der Waals surface area contributed by atoms with Crippen molar-refractivity contribution in [2.75, 3.05) is 25.5 Å². The summed E-state index contributed by atoms with van der Waals surface area (Å²) in [6.07, 6.45) is 3.46. The van der Waals surface area contributed by atoms with E-state index in [0.29, 0.717) is 24.6 Å². The summed E-state index contributed by atoms with van der Waals surface area (Å²) in [4.78, 5) is 16.5. The van der Waals surface area contributed by atoms with Gasteiger partial charge in [-0.25, -0.2) is 0 Å². The molecule has 0 saturated heterocycles. The van der Waals surface area contributed by atoms with E-state index in [4.69, 9.17) is 4.74 Å². The van der Waals surface area contributed by atoms with E-state index in [1.165, 1.54) is 0 Å². The molecule has 0 unspecified atom stereocenters. The molecule has 25 heavy (non-hydrogen) atoms. The second-order valence-corrected chi connectivity index (χ2v) is 6.36. The highest BCUT2D eigenvalue weighted by atomic mass is 16.5. The SMILES string of the molecule is COc1ccccc1CCNC(=O)c1cc(NCCC(C)C)ccn1. The molecule has 2 rings (SSSR count). The number of amides is 1. The van der Waals surface area contributed by atoms with Crippen molar-refractivity contribution in [3.8, 4) is 5.75 Å². The summed E-state index contributed by atoms with van der Waals surface area (Å²) in [6, 6.07) is 11.5. The zero-order valence-electron chi connectivity index (χ0n) is 15.2. The minimum absolute atomic E-state index is 0.164. The number of nitrogens with zero attached hydrogens (tertiary/aromatic N) is 1. The average Bonchev–Trinajstić information content (AvgIpc) is 2.62. The molecular formula is C20H27N3O2. The summed E-state index contributed by atoms with van der Waals surface area (Å²) in [7, 11) is 1.65. The fraction of sp³-hybridized carbons (Fsp3) is 0.400. The Morgan fingerprint density at radius 1 is 1.20 bits per heavy atom. The van der Waals surface area contributed by atoms with Crippen LogP contribution >= 0.6 is 0 Å². The lowest BCUT2D eigenvalue weighted by atomic mass is 10.1. The van der Waals surface area contributed by atoms with Crippen LogP contribution in [0, 0.1) is 5.92 Å². The zero-order valence-corrected chi connectivity index (χ0v) is 15.2. The minimum atomic E-state index is -0.164. The summed E-state index contributed by atoms with van der Waals surface area (Å²) in [5.74, 6) is 1.32. The number of carbonyl (C=O) groups is 1. The van der Waals surface area contributed by atoms with Crippen LogP contribution in [-0.2, 0) is 6.42 Å². The lowest BCUT2D eigenvalue weighted by molar-refractivity contribution is 0.0949. The number of pyridine rings is 1. The van der Waals surface area contributed by atoms with Crippen molar-refractivity contribution in [2.45, 2.75) is 26.7 Å². The molecule has 0 aliphatic heterocycles. The van der Waals surface area contributed by atoms with Gasteiger partial charge in [0.15, 0.2) is 0 Å². The zero-order chi connectivity index (χ0) is 18.1. The van der Waals surface area contributed by atoms with Crippen LogP contribution in [0.5, 0.6) is 5.75 Å². The molecule has 1 amide bonds. The quantitative estimate of drug-likeness (QED) is 0.732. The maximum absolute atomic E-state index is 12.3. The van der Waals surface area contributed by atoms with E-state index in [0.717, 1.165) is 30.0 Å². The summed E-state index contributed by atoms with van der Waals surface area (Å²) < 4.78 is 5.32. The monoisotopic (exact) mass is 341 g/mol. The largest absolute Gasteiger partial charge is 0.496 e. The van der Waals surface area contributed by atoms with Gasteiger partial charge in [0.05, 0.1) is 7.11 Å². The van der Waals surface area contributed by atoms with Crippen molar-refractivity contribution in [3.05, 3.63) is 53.9 Å². The molecule has 5 nitrogen and oxygen atoms in total. The maximum atomic E-state index is 12.3. The number of ether oxygens (including phenoxy) is 1. The molecule has 0 aliphatic carbocycles. The van der Waals surface area contributed by atoms with Crippen molar-refractivity contribution >= 4 is 11.6 Å². The molecule has 0 saturated carbocycles. The fourth-order valence-corrected chi connectivity index (χ4v) is 2.48. The number of benzene rings is 1. The normalized spacial score (nSPS) is 10.6. The van der Waals surface area contributed by atoms with E-state index < -0.39 is 0 Å². The second kappa shape index (κ2) is 9.67. The van der Waals surface area contributed by atoms with Crippen LogP contribution in [0.3, 0.4) is 0 Å². The first-order chi connectivity index (χ1) is 12.1. The molecule has 0 radical (unpaired) electrons. The molecule has 0 bridgehead atoms. The van der Waals surface area contributed by atoms with Crippen molar-refractivity contribution in [1.29, 1.82) is 0 Å². The first kappa shape index (κ1) is 18.8. The number of methoxy groups -OCH3 is 1. The minimum Gasteiger partial charge on any atom is -0.496 e. The summed E-state index contributed by atoms with van der Waals surface area (Å²) in [5, 5.41) is 6.25. The Kier molecular flexibility index (Phi) is 7.26. The maximum Gasteiger partial charge on any atom is 0.269 e. The summed E-state index contributed by atoms with van der Waals surface area (Å²) in [5.41, 5.74) is 2.42. The molecule has 5 heteroatoms. The third-order valence-electron chi connectivity index (χ3n) is 3.92. The van der Waals surface area contributed by atoms with E-state index in [2.05, 4.69) is 29.5 Å². The Hall–Kier alpha value is -2.56. The highest BCUT2D eigenvalue weighted by Crippen LogP contribution is 2.17. The standard InChI is InChI=1S/C20H27N3O2/c1-15(2)8-11-21-17-10-13-22-18(14-17)20(24)23-12-9-16-6-4-5-7-19(16)25-3/h4-7,10,13-15H,8-9,11-12H2,1-3H3,(H,21,22)(H,23,24). The van der Waals surface area contributed by atoms with E-state index in [1.807, 2.05) is 30.3 Å². The first-order valence-corrected chi connectivity index (χ1v) is 8.70. The molecule has 0 fully saturated rings. The number of anilines is 1. The molecule has 134 valence electrons. The summed E-state index contributed by atoms with van der Waals surface area (Å²) in [6.45, 7) is 5.80. The predicted molar refractivity (Wildman–Crippen MR) is 101 cm³/mol. The van der Waals surface area contributed by atoms with Crippen LogP contribution in [-0.4, -0.2) is 31.1 Å². The summed E-state index contributed by atoms with van der Waals surface area (Å²) >= 11 is 0. The Balaban J connectivity index is 1.86. The van der Waals surface area contributed by atoms with Gasteiger partial charge in [-0.15, -0.1) is 0 Å². The Morgan fingerprint density at radius 2 is 2.00 bits per heavy atom. The lowest BCUT2D eigenvalue weighted by Crippen LogP contribution is -2.26. The third kappa shape index (κ3) is 6.10. The number of hydrogen-bond donors (Lipinski definition) is 2. The topological polar surface area (TPSA) is 63.2 Å². The average molecular weight is 341 g/mol. The van der Waals surface area contributed by atoms with Crippen molar-refractivity contribution in [2.24, 2.45) is 5.92 Å². The van der Waals surface area contributed by atoms with Gasteiger partial charge in [-0.1, -0.05) is 32.0 Å². The molecule has 0 spiro atoms. The van der Waals surface area contributed by atoms with Crippen LogP contribution in [0.1, 0.15) is 36.3 Å². The van der Waals surface area contributed by atoms with Crippen LogP contribution in [0.25, 0.3) is 0 Å². The van der Waals surface area contributed by atoms with E-state index in [9.17, 15) is 4.79 Å². The molecule has 0 aliphatic rings. The van der Waals surface area contributed by atoms with E-state index in [-0.39, 0.29) is 5.91 Å². The van der Waals surface area contributed by atoms with Crippen LogP contribution in [0.15, 0.2) is 42.6 Å². The van der Waals surface area contributed by atoms with Gasteiger partial charge in [0.2, 0.25) is 0 Å². The lowest BCUT2D eigenvalue weighted by Gasteiger charge is -2.10. The molecule has 1 heterocycles. The van der Waals surface area contributed by atoms with Gasteiger partial charge in [0, 0.05) is 25.0 Å². The Bertz CT molecular complexity index is 686. The van der Waals surface area contributed by atoms with E-state index in [1.54, 1.807) is 19.4 Å². The number of para-hydroxylation sites is 1. The number of rotatable bonds is 9. The van der Waals surface area contributed by atoms with Gasteiger partial charge >= 0.3 is 0 Å². The predicted octanol–water partition coefficient (Wildman–Crippen LogP) is 3.52. The van der Waals surface area contributed by atoms with Gasteiger partial charge in [-0.3, -0.25) is 9.78 Å². The molecule has 0 atom stereocenters. The van der Waals surface area contributed by atoms with E-state index >= 15 is 0 Å². The second-order valence-electron chi connectivity index (χ2n) is 6.36. The smallest absolute Gasteiger partial charge is 0.269 e. The van der Waals surface area contributed by atoms with Crippen LogP contribution in [0.2, 0.25) is 0 Å². The Labute approximate surface area is 149 Å².